The van der Waals surface area contributed by atoms with Gasteiger partial charge < -0.3 is 29.2 Å². The number of anilines is 2. The number of hydrogen-bond acceptors (Lipinski definition) is 9. The molecule has 0 spiro atoms. The van der Waals surface area contributed by atoms with Crippen LogP contribution in [0.4, 0.5) is 11.5 Å². The zero-order valence-corrected chi connectivity index (χ0v) is 21.5. The van der Waals surface area contributed by atoms with E-state index < -0.39 is 11.2 Å². The summed E-state index contributed by atoms with van der Waals surface area (Å²) < 4.78 is 12.1. The molecule has 1 aliphatic heterocycles. The zero-order valence-electron chi connectivity index (χ0n) is 21.5. The molecule has 0 bridgehead atoms. The summed E-state index contributed by atoms with van der Waals surface area (Å²) in [4.78, 5) is 22.1. The summed E-state index contributed by atoms with van der Waals surface area (Å²) in [6.45, 7) is 6.96. The van der Waals surface area contributed by atoms with Crippen molar-refractivity contribution >= 4 is 22.5 Å². The van der Waals surface area contributed by atoms with Gasteiger partial charge in [0.2, 0.25) is 5.75 Å². The Morgan fingerprint density at radius 3 is 2.33 bits per heavy atom. The fourth-order valence-corrected chi connectivity index (χ4v) is 4.88. The topological polar surface area (TPSA) is 128 Å². The third-order valence-electron chi connectivity index (χ3n) is 6.95. The average molecular weight is 526 g/mol. The van der Waals surface area contributed by atoms with E-state index in [1.54, 1.807) is 13.8 Å². The molecule has 3 aromatic heterocycles. The molecule has 10 nitrogen and oxygen atoms in total. The molecule has 0 radical (unpaired) electrons. The van der Waals surface area contributed by atoms with E-state index in [0.717, 1.165) is 43.8 Å². The Morgan fingerprint density at radius 1 is 0.923 bits per heavy atom. The zero-order chi connectivity index (χ0) is 27.1. The number of benzene rings is 2. The number of pyridine rings is 1. The van der Waals surface area contributed by atoms with Crippen molar-refractivity contribution < 1.29 is 19.4 Å². The lowest BCUT2D eigenvalue weighted by molar-refractivity contribution is 0.399. The summed E-state index contributed by atoms with van der Waals surface area (Å²) in [5, 5.41) is 27.9. The van der Waals surface area contributed by atoms with Crippen LogP contribution in [-0.4, -0.2) is 51.6 Å². The number of nitrogens with zero attached hydrogens (tertiary/aromatic N) is 4. The van der Waals surface area contributed by atoms with Crippen LogP contribution in [0.25, 0.3) is 22.3 Å². The van der Waals surface area contributed by atoms with E-state index >= 15 is 0 Å². The van der Waals surface area contributed by atoms with Crippen LogP contribution >= 0.6 is 0 Å². The number of aromatic nitrogens is 3. The number of piperazine rings is 1. The van der Waals surface area contributed by atoms with Gasteiger partial charge in [-0.2, -0.15) is 5.10 Å². The fourth-order valence-electron chi connectivity index (χ4n) is 4.88. The Kier molecular flexibility index (Phi) is 6.07. The van der Waals surface area contributed by atoms with Crippen LogP contribution in [0.3, 0.4) is 0 Å². The average Bonchev–Trinajstić information content (AvgIpc) is 3.27. The Morgan fingerprint density at radius 2 is 1.67 bits per heavy atom. The van der Waals surface area contributed by atoms with Crippen molar-refractivity contribution in [1.29, 1.82) is 0 Å². The van der Waals surface area contributed by atoms with Crippen LogP contribution in [0.1, 0.15) is 11.4 Å². The minimum Gasteiger partial charge on any atom is -0.507 e. The molecule has 10 heteroatoms. The van der Waals surface area contributed by atoms with Gasteiger partial charge in [0.15, 0.2) is 22.5 Å². The lowest BCUT2D eigenvalue weighted by Crippen LogP contribution is -2.46. The highest BCUT2D eigenvalue weighted by atomic mass is 16.5. The minimum atomic E-state index is -0.455. The molecule has 0 aliphatic carbocycles. The summed E-state index contributed by atoms with van der Waals surface area (Å²) in [7, 11) is 0. The Hall–Kier alpha value is -4.99. The molecule has 198 valence electrons. The van der Waals surface area contributed by atoms with Gasteiger partial charge in [-0.1, -0.05) is 6.07 Å². The van der Waals surface area contributed by atoms with E-state index in [0.29, 0.717) is 22.7 Å². The van der Waals surface area contributed by atoms with Crippen molar-refractivity contribution in [2.24, 2.45) is 0 Å². The van der Waals surface area contributed by atoms with Gasteiger partial charge in [0.25, 0.3) is 0 Å². The minimum absolute atomic E-state index is 0.0512. The molecule has 5 aromatic rings. The van der Waals surface area contributed by atoms with E-state index in [2.05, 4.69) is 25.0 Å². The predicted octanol–water partition coefficient (Wildman–Crippen LogP) is 4.73. The second-order valence-electron chi connectivity index (χ2n) is 9.50. The van der Waals surface area contributed by atoms with Gasteiger partial charge in [0, 0.05) is 55.8 Å². The van der Waals surface area contributed by atoms with Crippen molar-refractivity contribution in [2.45, 2.75) is 13.8 Å². The second kappa shape index (κ2) is 9.71. The van der Waals surface area contributed by atoms with Gasteiger partial charge in [-0.15, -0.1) is 0 Å². The van der Waals surface area contributed by atoms with E-state index in [1.165, 1.54) is 6.07 Å². The highest BCUT2D eigenvalue weighted by Crippen LogP contribution is 2.43. The number of H-pyrrole nitrogens is 1. The standard InChI is InChI=1S/C29H27N5O5/c1-17-27(18(2)32-31-17)39-28-23(37)15-21(35)26-22(36)16-24(38-29(26)28)19-6-8-20(9-7-19)33-11-13-34(14-12-33)25-5-3-4-10-30-25/h3-10,15-16,35,37H,11-14H2,1-2H3,(H,31,32). The molecule has 39 heavy (non-hydrogen) atoms. The molecule has 1 saturated heterocycles. The molecule has 0 atom stereocenters. The number of nitrogens with one attached hydrogen (secondary N) is 1. The number of rotatable bonds is 5. The third kappa shape index (κ3) is 4.50. The third-order valence-corrected chi connectivity index (χ3v) is 6.95. The molecule has 3 N–H and O–H groups in total. The summed E-state index contributed by atoms with van der Waals surface area (Å²) in [5.41, 5.74) is 2.45. The van der Waals surface area contributed by atoms with Crippen LogP contribution in [0.2, 0.25) is 0 Å². The van der Waals surface area contributed by atoms with Crippen LogP contribution in [0.5, 0.6) is 23.0 Å². The number of aromatic hydroxyl groups is 2. The number of hydrogen-bond donors (Lipinski definition) is 3. The van der Waals surface area contributed by atoms with Crippen molar-refractivity contribution in [3.8, 4) is 34.3 Å². The highest BCUT2D eigenvalue weighted by Gasteiger charge is 2.23. The molecule has 6 rings (SSSR count). The van der Waals surface area contributed by atoms with E-state index in [-0.39, 0.29) is 28.2 Å². The van der Waals surface area contributed by atoms with Crippen molar-refractivity contribution in [3.05, 3.63) is 82.4 Å². The number of aryl methyl sites for hydroxylation is 2. The first-order chi connectivity index (χ1) is 18.9. The largest absolute Gasteiger partial charge is 0.507 e. The Balaban J connectivity index is 1.30. The molecular weight excluding hydrogens is 498 g/mol. The monoisotopic (exact) mass is 525 g/mol. The predicted molar refractivity (Wildman–Crippen MR) is 148 cm³/mol. The van der Waals surface area contributed by atoms with Crippen molar-refractivity contribution in [1.82, 2.24) is 15.2 Å². The molecule has 2 aromatic carbocycles. The van der Waals surface area contributed by atoms with Gasteiger partial charge in [-0.25, -0.2) is 4.98 Å². The maximum atomic E-state index is 13.1. The maximum Gasteiger partial charge on any atom is 0.212 e. The van der Waals surface area contributed by atoms with Gasteiger partial charge in [0.1, 0.15) is 28.4 Å². The van der Waals surface area contributed by atoms with E-state index in [4.69, 9.17) is 9.15 Å². The van der Waals surface area contributed by atoms with E-state index in [1.807, 2.05) is 48.7 Å². The molecule has 0 amide bonds. The Labute approximate surface area is 223 Å². The number of fused-ring (bicyclic) bond motifs is 1. The van der Waals surface area contributed by atoms with Gasteiger partial charge in [-0.3, -0.25) is 9.89 Å². The fraction of sp³-hybridized carbons (Fsp3) is 0.207. The summed E-state index contributed by atoms with van der Waals surface area (Å²) in [6.07, 6.45) is 1.81. The molecular formula is C29H27N5O5. The van der Waals surface area contributed by atoms with Gasteiger partial charge in [0.05, 0.1) is 5.69 Å². The second-order valence-corrected chi connectivity index (χ2v) is 9.50. The maximum absolute atomic E-state index is 13.1. The molecule has 1 fully saturated rings. The van der Waals surface area contributed by atoms with Crippen molar-refractivity contribution in [3.63, 3.8) is 0 Å². The Bertz CT molecular complexity index is 1690. The van der Waals surface area contributed by atoms with Gasteiger partial charge >= 0.3 is 0 Å². The molecule has 1 aliphatic rings. The first-order valence-electron chi connectivity index (χ1n) is 12.6. The first-order valence-corrected chi connectivity index (χ1v) is 12.6. The quantitative estimate of drug-likeness (QED) is 0.298. The lowest BCUT2D eigenvalue weighted by atomic mass is 10.1. The normalized spacial score (nSPS) is 13.7. The van der Waals surface area contributed by atoms with Crippen LogP contribution in [0, 0.1) is 13.8 Å². The number of phenols is 2. The lowest BCUT2D eigenvalue weighted by Gasteiger charge is -2.36. The SMILES string of the molecule is Cc1n[nH]c(C)c1Oc1c(O)cc(O)c2c(=O)cc(-c3ccc(N4CCN(c5ccccn5)CC4)cc3)oc12. The highest BCUT2D eigenvalue weighted by molar-refractivity contribution is 5.92. The first kappa shape index (κ1) is 24.4. The number of aromatic amines is 1. The van der Waals surface area contributed by atoms with Crippen LogP contribution in [0.15, 0.2) is 70.0 Å². The van der Waals surface area contributed by atoms with E-state index in [9.17, 15) is 15.0 Å². The van der Waals surface area contributed by atoms with Crippen LogP contribution < -0.4 is 20.0 Å². The summed E-state index contributed by atoms with van der Waals surface area (Å²) in [6, 6.07) is 16.1. The molecule has 0 unspecified atom stereocenters. The van der Waals surface area contributed by atoms with Crippen molar-refractivity contribution in [2.75, 3.05) is 36.0 Å². The smallest absolute Gasteiger partial charge is 0.212 e. The summed E-state index contributed by atoms with van der Waals surface area (Å²) in [5.74, 6) is 0.845. The summed E-state index contributed by atoms with van der Waals surface area (Å²) >= 11 is 0. The molecule has 4 heterocycles. The van der Waals surface area contributed by atoms with Crippen LogP contribution in [-0.2, 0) is 0 Å². The number of ether oxygens (including phenoxy) is 1. The number of phenolic OH excluding ortho intramolecular Hbond substituents is 2. The molecule has 0 saturated carbocycles. The van der Waals surface area contributed by atoms with Gasteiger partial charge in [-0.05, 0) is 50.2 Å².